The Morgan fingerprint density at radius 2 is 2.13 bits per heavy atom. The molecule has 5 heteroatoms. The molecule has 15 heavy (non-hydrogen) atoms. The quantitative estimate of drug-likeness (QED) is 0.725. The normalized spacial score (nSPS) is 10.2. The molecule has 2 N–H and O–H groups in total. The Labute approximate surface area is 86.6 Å². The van der Waals surface area contributed by atoms with E-state index >= 15 is 0 Å². The van der Waals surface area contributed by atoms with Crippen molar-refractivity contribution in [1.29, 1.82) is 0 Å². The van der Waals surface area contributed by atoms with Gasteiger partial charge in [0.15, 0.2) is 0 Å². The van der Waals surface area contributed by atoms with Crippen LogP contribution in [-0.2, 0) is 7.05 Å². The fourth-order valence-corrected chi connectivity index (χ4v) is 1.20. The Hall–Kier alpha value is -2.17. The molecule has 0 atom stereocenters. The summed E-state index contributed by atoms with van der Waals surface area (Å²) in [5.41, 5.74) is 6.74. The first-order valence-corrected chi connectivity index (χ1v) is 4.41. The van der Waals surface area contributed by atoms with Crippen LogP contribution >= 0.6 is 0 Å². The summed E-state index contributed by atoms with van der Waals surface area (Å²) in [7, 11) is 1.81. The summed E-state index contributed by atoms with van der Waals surface area (Å²) in [5, 5.41) is 0. The lowest BCUT2D eigenvalue weighted by atomic mass is 10.2. The number of aryl methyl sites for hydroxylation is 1. The van der Waals surface area contributed by atoms with Crippen LogP contribution in [0.1, 0.15) is 16.2 Å². The van der Waals surface area contributed by atoms with Gasteiger partial charge in [-0.15, -0.1) is 0 Å². The topological polar surface area (TPSA) is 73.8 Å². The molecule has 5 nitrogen and oxygen atoms in total. The molecule has 2 aromatic rings. The van der Waals surface area contributed by atoms with Crippen molar-refractivity contribution in [1.82, 2.24) is 14.5 Å². The van der Waals surface area contributed by atoms with Gasteiger partial charge in [-0.25, -0.2) is 4.98 Å². The molecule has 2 heterocycles. The molecule has 0 amide bonds. The minimum absolute atomic E-state index is 0.199. The van der Waals surface area contributed by atoms with Crippen LogP contribution in [0.4, 0.5) is 5.69 Å². The van der Waals surface area contributed by atoms with Gasteiger partial charge in [-0.3, -0.25) is 9.78 Å². The van der Waals surface area contributed by atoms with Crippen molar-refractivity contribution in [2.75, 3.05) is 5.73 Å². The SMILES string of the molecule is Cn1cnc(C(=O)c2ccc(N)cn2)c1. The lowest BCUT2D eigenvalue weighted by molar-refractivity contribution is 0.103. The Bertz CT molecular complexity index is 486. The Morgan fingerprint density at radius 3 is 2.67 bits per heavy atom. The lowest BCUT2D eigenvalue weighted by Crippen LogP contribution is -2.04. The molecule has 0 unspecified atom stereocenters. The third-order valence-electron chi connectivity index (χ3n) is 1.96. The minimum Gasteiger partial charge on any atom is -0.397 e. The number of carbonyl (C=O) groups excluding carboxylic acids is 1. The van der Waals surface area contributed by atoms with Crippen LogP contribution in [0.15, 0.2) is 30.9 Å². The van der Waals surface area contributed by atoms with E-state index in [-0.39, 0.29) is 5.78 Å². The zero-order valence-corrected chi connectivity index (χ0v) is 8.21. The van der Waals surface area contributed by atoms with Crippen molar-refractivity contribution in [3.8, 4) is 0 Å². The van der Waals surface area contributed by atoms with Gasteiger partial charge in [0.1, 0.15) is 11.4 Å². The van der Waals surface area contributed by atoms with E-state index in [0.717, 1.165) is 0 Å². The van der Waals surface area contributed by atoms with Gasteiger partial charge in [0.05, 0.1) is 18.2 Å². The van der Waals surface area contributed by atoms with Crippen molar-refractivity contribution < 1.29 is 4.79 Å². The first-order chi connectivity index (χ1) is 7.16. The number of rotatable bonds is 2. The number of anilines is 1. The first-order valence-electron chi connectivity index (χ1n) is 4.41. The zero-order valence-electron chi connectivity index (χ0n) is 8.21. The number of pyridine rings is 1. The van der Waals surface area contributed by atoms with Crippen molar-refractivity contribution in [2.24, 2.45) is 7.05 Å². The number of nitrogens with two attached hydrogens (primary N) is 1. The van der Waals surface area contributed by atoms with Gasteiger partial charge in [0.25, 0.3) is 0 Å². The smallest absolute Gasteiger partial charge is 0.231 e. The van der Waals surface area contributed by atoms with E-state index in [1.807, 2.05) is 0 Å². The van der Waals surface area contributed by atoms with E-state index in [2.05, 4.69) is 9.97 Å². The molecule has 0 saturated carbocycles. The molecule has 0 aliphatic heterocycles. The number of nitrogens with zero attached hydrogens (tertiary/aromatic N) is 3. The molecule has 0 aromatic carbocycles. The number of hydrogen-bond acceptors (Lipinski definition) is 4. The van der Waals surface area contributed by atoms with Gasteiger partial charge in [-0.1, -0.05) is 0 Å². The summed E-state index contributed by atoms with van der Waals surface area (Å²) in [6.07, 6.45) is 4.68. The number of aromatic nitrogens is 3. The second-order valence-corrected chi connectivity index (χ2v) is 3.23. The van der Waals surface area contributed by atoms with E-state index in [0.29, 0.717) is 17.1 Å². The van der Waals surface area contributed by atoms with Crippen LogP contribution in [0.3, 0.4) is 0 Å². The zero-order chi connectivity index (χ0) is 10.8. The first kappa shape index (κ1) is 9.39. The average molecular weight is 202 g/mol. The van der Waals surface area contributed by atoms with Crippen LogP contribution in [0, 0.1) is 0 Å². The molecule has 2 aromatic heterocycles. The number of nitrogen functional groups attached to an aromatic ring is 1. The van der Waals surface area contributed by atoms with Crippen LogP contribution in [0.25, 0.3) is 0 Å². The highest BCUT2D eigenvalue weighted by Gasteiger charge is 2.12. The maximum Gasteiger partial charge on any atom is 0.231 e. The number of imidazole rings is 1. The van der Waals surface area contributed by atoms with Crippen molar-refractivity contribution >= 4 is 11.5 Å². The highest BCUT2D eigenvalue weighted by Crippen LogP contribution is 2.06. The molecule has 76 valence electrons. The molecule has 0 radical (unpaired) electrons. The van der Waals surface area contributed by atoms with Gasteiger partial charge >= 0.3 is 0 Å². The molecule has 0 aliphatic carbocycles. The summed E-state index contributed by atoms with van der Waals surface area (Å²) >= 11 is 0. The van der Waals surface area contributed by atoms with Gasteiger partial charge in [-0.2, -0.15) is 0 Å². The predicted molar refractivity (Wildman–Crippen MR) is 55.3 cm³/mol. The molecular formula is C10H10N4O. The number of ketones is 1. The van der Waals surface area contributed by atoms with E-state index in [1.54, 1.807) is 36.3 Å². The van der Waals surface area contributed by atoms with Gasteiger partial charge in [0.2, 0.25) is 5.78 Å². The highest BCUT2D eigenvalue weighted by molar-refractivity contribution is 6.06. The van der Waals surface area contributed by atoms with Crippen molar-refractivity contribution in [2.45, 2.75) is 0 Å². The second kappa shape index (κ2) is 3.53. The predicted octanol–water partition coefficient (Wildman–Crippen LogP) is 0.628. The Morgan fingerprint density at radius 1 is 1.33 bits per heavy atom. The molecule has 2 rings (SSSR count). The number of carbonyl (C=O) groups is 1. The Balaban J connectivity index is 2.32. The molecule has 0 aliphatic rings. The number of hydrogen-bond donors (Lipinski definition) is 1. The molecular weight excluding hydrogens is 192 g/mol. The fraction of sp³-hybridized carbons (Fsp3) is 0.100. The summed E-state index contributed by atoms with van der Waals surface area (Å²) in [6.45, 7) is 0. The van der Waals surface area contributed by atoms with E-state index in [1.165, 1.54) is 6.20 Å². The third kappa shape index (κ3) is 1.85. The summed E-state index contributed by atoms with van der Waals surface area (Å²) in [6, 6.07) is 3.23. The average Bonchev–Trinajstić information content (AvgIpc) is 2.65. The van der Waals surface area contributed by atoms with Crippen LogP contribution in [0.2, 0.25) is 0 Å². The standard InChI is InChI=1S/C10H10N4O/c1-14-5-9(13-6-14)10(15)8-3-2-7(11)4-12-8/h2-6H,11H2,1H3. The molecule has 0 saturated heterocycles. The largest absolute Gasteiger partial charge is 0.397 e. The van der Waals surface area contributed by atoms with E-state index in [4.69, 9.17) is 5.73 Å². The fourth-order valence-electron chi connectivity index (χ4n) is 1.20. The maximum absolute atomic E-state index is 11.8. The van der Waals surface area contributed by atoms with Gasteiger partial charge < -0.3 is 10.3 Å². The van der Waals surface area contributed by atoms with E-state index < -0.39 is 0 Å². The van der Waals surface area contributed by atoms with E-state index in [9.17, 15) is 4.79 Å². The van der Waals surface area contributed by atoms with Gasteiger partial charge in [0, 0.05) is 13.2 Å². The Kier molecular flexibility index (Phi) is 2.21. The monoisotopic (exact) mass is 202 g/mol. The van der Waals surface area contributed by atoms with Crippen LogP contribution < -0.4 is 5.73 Å². The summed E-state index contributed by atoms with van der Waals surface area (Å²) in [4.78, 5) is 19.7. The lowest BCUT2D eigenvalue weighted by Gasteiger charge is -1.96. The van der Waals surface area contributed by atoms with Crippen molar-refractivity contribution in [3.05, 3.63) is 42.2 Å². The van der Waals surface area contributed by atoms with Crippen molar-refractivity contribution in [3.63, 3.8) is 0 Å². The molecule has 0 spiro atoms. The maximum atomic E-state index is 11.8. The van der Waals surface area contributed by atoms with Crippen LogP contribution in [0.5, 0.6) is 0 Å². The third-order valence-corrected chi connectivity index (χ3v) is 1.96. The van der Waals surface area contributed by atoms with Crippen LogP contribution in [-0.4, -0.2) is 20.3 Å². The summed E-state index contributed by atoms with van der Waals surface area (Å²) in [5.74, 6) is -0.199. The minimum atomic E-state index is -0.199. The van der Waals surface area contributed by atoms with Gasteiger partial charge in [-0.05, 0) is 12.1 Å². The highest BCUT2D eigenvalue weighted by atomic mass is 16.1. The summed E-state index contributed by atoms with van der Waals surface area (Å²) < 4.78 is 1.71. The molecule has 0 bridgehead atoms. The molecule has 0 fully saturated rings. The second-order valence-electron chi connectivity index (χ2n) is 3.23.